The molecule has 0 aromatic heterocycles. The average molecular weight is 210 g/mol. The first-order chi connectivity index (χ1) is 6.65. The molecule has 0 aliphatic carbocycles. The van der Waals surface area contributed by atoms with Gasteiger partial charge in [0.15, 0.2) is 0 Å². The van der Waals surface area contributed by atoms with E-state index in [4.69, 9.17) is 28.5 Å². The number of carbonyl (C=O) groups excluding carboxylic acids is 1. The van der Waals surface area contributed by atoms with Crippen LogP contribution >= 0.6 is 11.6 Å². The van der Waals surface area contributed by atoms with Gasteiger partial charge in [0.2, 0.25) is 0 Å². The van der Waals surface area contributed by atoms with Gasteiger partial charge in [-0.15, -0.1) is 6.42 Å². The molecule has 14 heavy (non-hydrogen) atoms. The number of amides is 1. The number of carbonyl (C=O) groups is 1. The summed E-state index contributed by atoms with van der Waals surface area (Å²) in [6.07, 6.45) is 5.02. The summed E-state index contributed by atoms with van der Waals surface area (Å²) in [5.74, 6) is 2.04. The molecule has 1 rings (SSSR count). The number of hydrogen-bond donors (Lipinski definition) is 1. The lowest BCUT2D eigenvalue weighted by molar-refractivity contribution is 0.0997. The van der Waals surface area contributed by atoms with Gasteiger partial charge in [0.1, 0.15) is 12.4 Å². The molecule has 0 atom stereocenters. The van der Waals surface area contributed by atoms with Gasteiger partial charge in [-0.05, 0) is 18.2 Å². The third-order valence-corrected chi connectivity index (χ3v) is 1.75. The second-order valence-corrected chi connectivity index (χ2v) is 2.93. The summed E-state index contributed by atoms with van der Waals surface area (Å²) in [5, 5.41) is 0.423. The Bertz CT molecular complexity index is 396. The molecule has 1 aromatic rings. The molecule has 1 amide bonds. The third-order valence-electron chi connectivity index (χ3n) is 1.52. The second-order valence-electron chi connectivity index (χ2n) is 2.50. The number of benzene rings is 1. The molecular weight excluding hydrogens is 202 g/mol. The van der Waals surface area contributed by atoms with E-state index < -0.39 is 5.91 Å². The van der Waals surface area contributed by atoms with Crippen molar-refractivity contribution >= 4 is 17.5 Å². The lowest BCUT2D eigenvalue weighted by Gasteiger charge is -2.06. The van der Waals surface area contributed by atoms with Crippen LogP contribution < -0.4 is 10.5 Å². The summed E-state index contributed by atoms with van der Waals surface area (Å²) in [4.78, 5) is 11.0. The Kier molecular flexibility index (Phi) is 3.38. The summed E-state index contributed by atoms with van der Waals surface area (Å²) in [7, 11) is 0. The Morgan fingerprint density at radius 1 is 1.64 bits per heavy atom. The van der Waals surface area contributed by atoms with E-state index in [9.17, 15) is 4.79 Å². The number of rotatable bonds is 3. The number of hydrogen-bond acceptors (Lipinski definition) is 2. The van der Waals surface area contributed by atoms with Crippen molar-refractivity contribution in [2.24, 2.45) is 5.73 Å². The molecule has 0 radical (unpaired) electrons. The van der Waals surface area contributed by atoms with Crippen molar-refractivity contribution in [3.8, 4) is 18.1 Å². The molecule has 0 saturated heterocycles. The van der Waals surface area contributed by atoms with Gasteiger partial charge >= 0.3 is 0 Å². The van der Waals surface area contributed by atoms with Gasteiger partial charge in [0.25, 0.3) is 5.91 Å². The SMILES string of the molecule is C#CCOc1ccc(Cl)cc1C(N)=O. The maximum Gasteiger partial charge on any atom is 0.252 e. The van der Waals surface area contributed by atoms with E-state index in [2.05, 4.69) is 5.92 Å². The van der Waals surface area contributed by atoms with Crippen molar-refractivity contribution < 1.29 is 9.53 Å². The van der Waals surface area contributed by atoms with Crippen LogP contribution in [0.15, 0.2) is 18.2 Å². The summed E-state index contributed by atoms with van der Waals surface area (Å²) in [6.45, 7) is 0.0852. The zero-order valence-corrected chi connectivity index (χ0v) is 8.04. The molecule has 0 unspecified atom stereocenters. The van der Waals surface area contributed by atoms with E-state index in [1.54, 1.807) is 12.1 Å². The third kappa shape index (κ3) is 2.41. The van der Waals surface area contributed by atoms with Gasteiger partial charge in [0.05, 0.1) is 5.56 Å². The molecule has 0 aliphatic heterocycles. The minimum Gasteiger partial charge on any atom is -0.480 e. The van der Waals surface area contributed by atoms with Gasteiger partial charge in [0, 0.05) is 5.02 Å². The molecule has 0 saturated carbocycles. The van der Waals surface area contributed by atoms with Crippen molar-refractivity contribution in [3.63, 3.8) is 0 Å². The Morgan fingerprint density at radius 3 is 2.93 bits per heavy atom. The Morgan fingerprint density at radius 2 is 2.36 bits per heavy atom. The van der Waals surface area contributed by atoms with Gasteiger partial charge < -0.3 is 10.5 Å². The number of halogens is 1. The molecule has 0 aliphatic rings. The topological polar surface area (TPSA) is 52.3 Å². The molecule has 4 heteroatoms. The van der Waals surface area contributed by atoms with E-state index in [0.717, 1.165) is 0 Å². The smallest absolute Gasteiger partial charge is 0.252 e. The minimum atomic E-state index is -0.598. The predicted molar refractivity (Wildman–Crippen MR) is 54.3 cm³/mol. The highest BCUT2D eigenvalue weighted by Crippen LogP contribution is 2.22. The van der Waals surface area contributed by atoms with Crippen LogP contribution in [-0.4, -0.2) is 12.5 Å². The fraction of sp³-hybridized carbons (Fsp3) is 0.100. The first-order valence-electron chi connectivity index (χ1n) is 3.80. The molecular formula is C10H8ClNO2. The number of primary amides is 1. The molecule has 0 spiro atoms. The van der Waals surface area contributed by atoms with Gasteiger partial charge in [-0.1, -0.05) is 17.5 Å². The summed E-state index contributed by atoms with van der Waals surface area (Å²) < 4.78 is 5.11. The quantitative estimate of drug-likeness (QED) is 0.767. The van der Waals surface area contributed by atoms with Crippen LogP contribution in [0.5, 0.6) is 5.75 Å². The van der Waals surface area contributed by atoms with Gasteiger partial charge in [-0.25, -0.2) is 0 Å². The first kappa shape index (κ1) is 10.4. The number of nitrogens with two attached hydrogens (primary N) is 1. The fourth-order valence-corrected chi connectivity index (χ4v) is 1.11. The lowest BCUT2D eigenvalue weighted by atomic mass is 10.2. The average Bonchev–Trinajstić information content (AvgIpc) is 2.15. The summed E-state index contributed by atoms with van der Waals surface area (Å²) >= 11 is 5.69. The summed E-state index contributed by atoms with van der Waals surface area (Å²) in [6, 6.07) is 4.59. The number of terminal acetylenes is 1. The first-order valence-corrected chi connectivity index (χ1v) is 4.18. The van der Waals surface area contributed by atoms with Crippen LogP contribution in [0.1, 0.15) is 10.4 Å². The van der Waals surface area contributed by atoms with Crippen molar-refractivity contribution in [1.29, 1.82) is 0 Å². The van der Waals surface area contributed by atoms with E-state index in [1.165, 1.54) is 6.07 Å². The molecule has 0 fully saturated rings. The molecule has 3 nitrogen and oxygen atoms in total. The van der Waals surface area contributed by atoms with Crippen molar-refractivity contribution in [2.75, 3.05) is 6.61 Å². The highest BCUT2D eigenvalue weighted by Gasteiger charge is 2.09. The zero-order chi connectivity index (χ0) is 10.6. The zero-order valence-electron chi connectivity index (χ0n) is 7.29. The van der Waals surface area contributed by atoms with E-state index in [-0.39, 0.29) is 12.2 Å². The van der Waals surface area contributed by atoms with E-state index in [0.29, 0.717) is 10.8 Å². The van der Waals surface area contributed by atoms with Crippen molar-refractivity contribution in [1.82, 2.24) is 0 Å². The molecule has 2 N–H and O–H groups in total. The lowest BCUT2D eigenvalue weighted by Crippen LogP contribution is -2.13. The normalized spacial score (nSPS) is 9.14. The predicted octanol–water partition coefficient (Wildman–Crippen LogP) is 1.45. The molecule has 1 aromatic carbocycles. The highest BCUT2D eigenvalue weighted by atomic mass is 35.5. The van der Waals surface area contributed by atoms with Crippen LogP contribution in [0.4, 0.5) is 0 Å². The van der Waals surface area contributed by atoms with Crippen LogP contribution in [0.2, 0.25) is 5.02 Å². The standard InChI is InChI=1S/C10H8ClNO2/c1-2-5-14-9-4-3-7(11)6-8(9)10(12)13/h1,3-4,6H,5H2,(H2,12,13). The van der Waals surface area contributed by atoms with Gasteiger partial charge in [-0.3, -0.25) is 4.79 Å². The monoisotopic (exact) mass is 209 g/mol. The fourth-order valence-electron chi connectivity index (χ4n) is 0.940. The Balaban J connectivity index is 3.03. The minimum absolute atomic E-state index is 0.0852. The van der Waals surface area contributed by atoms with E-state index >= 15 is 0 Å². The molecule has 0 bridgehead atoms. The van der Waals surface area contributed by atoms with Crippen LogP contribution in [0.3, 0.4) is 0 Å². The molecule has 72 valence electrons. The Labute approximate surface area is 86.8 Å². The largest absolute Gasteiger partial charge is 0.480 e. The second kappa shape index (κ2) is 4.54. The van der Waals surface area contributed by atoms with Crippen LogP contribution in [-0.2, 0) is 0 Å². The van der Waals surface area contributed by atoms with Crippen LogP contribution in [0, 0.1) is 12.3 Å². The van der Waals surface area contributed by atoms with Gasteiger partial charge in [-0.2, -0.15) is 0 Å². The maximum absolute atomic E-state index is 11.0. The van der Waals surface area contributed by atoms with E-state index in [1.807, 2.05) is 0 Å². The van der Waals surface area contributed by atoms with Crippen LogP contribution in [0.25, 0.3) is 0 Å². The number of ether oxygens (including phenoxy) is 1. The van der Waals surface area contributed by atoms with Crippen molar-refractivity contribution in [3.05, 3.63) is 28.8 Å². The molecule has 0 heterocycles. The maximum atomic E-state index is 11.0. The van der Waals surface area contributed by atoms with Crippen molar-refractivity contribution in [2.45, 2.75) is 0 Å². The summed E-state index contributed by atoms with van der Waals surface area (Å²) in [5.41, 5.74) is 5.36. The Hall–Kier alpha value is -1.66. The highest BCUT2D eigenvalue weighted by molar-refractivity contribution is 6.31.